The van der Waals surface area contributed by atoms with Gasteiger partial charge in [-0.05, 0) is 42.3 Å². The highest BCUT2D eigenvalue weighted by atomic mass is 35.5. The van der Waals surface area contributed by atoms with E-state index in [4.69, 9.17) is 25.8 Å². The fourth-order valence-electron chi connectivity index (χ4n) is 4.47. The molecule has 6 nitrogen and oxygen atoms in total. The van der Waals surface area contributed by atoms with Gasteiger partial charge in [0.25, 0.3) is 0 Å². The van der Waals surface area contributed by atoms with E-state index in [1.54, 1.807) is 22.8 Å². The van der Waals surface area contributed by atoms with Gasteiger partial charge < -0.3 is 18.8 Å². The average Bonchev–Trinajstić information content (AvgIpc) is 3.43. The van der Waals surface area contributed by atoms with Crippen molar-refractivity contribution >= 4 is 28.5 Å². The van der Waals surface area contributed by atoms with Crippen LogP contribution >= 0.6 is 11.6 Å². The minimum Gasteiger partial charge on any atom is -0.464 e. The summed E-state index contributed by atoms with van der Waals surface area (Å²) in [6.45, 7) is 0.0421. The molecule has 3 aromatic carbocycles. The summed E-state index contributed by atoms with van der Waals surface area (Å²) in [5, 5.41) is 0.812. The smallest absolute Gasteiger partial charge is 0.355 e. The molecule has 1 aliphatic heterocycles. The summed E-state index contributed by atoms with van der Waals surface area (Å²) in [5.41, 5.74) is 2.31. The summed E-state index contributed by atoms with van der Waals surface area (Å²) in [7, 11) is 1.30. The molecule has 1 aromatic heterocycles. The Morgan fingerprint density at radius 1 is 1.06 bits per heavy atom. The number of aromatic nitrogens is 1. The quantitative estimate of drug-likeness (QED) is 0.331. The molecule has 35 heavy (non-hydrogen) atoms. The number of rotatable bonds is 6. The first-order chi connectivity index (χ1) is 17.1. The molecule has 0 aliphatic carbocycles. The second kappa shape index (κ2) is 9.68. The van der Waals surface area contributed by atoms with Crippen LogP contribution in [-0.4, -0.2) is 24.4 Å². The molecule has 1 atom stereocenters. The maximum atomic E-state index is 14.1. The zero-order chi connectivity index (χ0) is 24.4. The lowest BCUT2D eigenvalue weighted by atomic mass is 9.87. The lowest BCUT2D eigenvalue weighted by molar-refractivity contribution is 0.0587. The molecule has 0 saturated heterocycles. The standard InChI is InChI=1S/C28H22ClNO5/c1-33-28(32)26-25(22(24-16-34-17-35-24)14-18-8-4-2-5-9-18)27(31)21-15-19(29)12-13-23(21)30(26)20-10-6-3-7-11-20/h2-13,15-16,22H,14,17H2,1H3. The highest BCUT2D eigenvalue weighted by Gasteiger charge is 2.33. The van der Waals surface area contributed by atoms with Gasteiger partial charge >= 0.3 is 5.97 Å². The van der Waals surface area contributed by atoms with Gasteiger partial charge in [-0.2, -0.15) is 0 Å². The van der Waals surface area contributed by atoms with E-state index in [0.29, 0.717) is 33.8 Å². The van der Waals surface area contributed by atoms with Crippen LogP contribution < -0.4 is 5.43 Å². The summed E-state index contributed by atoms with van der Waals surface area (Å²) in [6.07, 6.45) is 1.92. The molecule has 5 rings (SSSR count). The van der Waals surface area contributed by atoms with Crippen molar-refractivity contribution in [1.82, 2.24) is 4.57 Å². The molecule has 176 valence electrons. The van der Waals surface area contributed by atoms with E-state index < -0.39 is 11.9 Å². The van der Waals surface area contributed by atoms with E-state index in [-0.39, 0.29) is 23.5 Å². The summed E-state index contributed by atoms with van der Waals surface area (Å²) < 4.78 is 18.1. The number of carbonyl (C=O) groups excluding carboxylic acids is 1. The van der Waals surface area contributed by atoms with Gasteiger partial charge in [-0.1, -0.05) is 60.1 Å². The number of pyridine rings is 1. The highest BCUT2D eigenvalue weighted by molar-refractivity contribution is 6.31. The molecule has 1 aliphatic rings. The molecule has 0 amide bonds. The number of nitrogens with zero attached hydrogens (tertiary/aromatic N) is 1. The van der Waals surface area contributed by atoms with Crippen molar-refractivity contribution in [3.05, 3.63) is 123 Å². The van der Waals surface area contributed by atoms with Gasteiger partial charge in [0.1, 0.15) is 17.7 Å². The van der Waals surface area contributed by atoms with Crippen LogP contribution in [0.25, 0.3) is 16.6 Å². The first-order valence-corrected chi connectivity index (χ1v) is 11.5. The number of allylic oxidation sites excluding steroid dienone is 1. The van der Waals surface area contributed by atoms with Crippen LogP contribution in [0.4, 0.5) is 0 Å². The minimum atomic E-state index is -0.629. The van der Waals surface area contributed by atoms with Gasteiger partial charge in [0.05, 0.1) is 18.5 Å². The monoisotopic (exact) mass is 487 g/mol. The van der Waals surface area contributed by atoms with E-state index in [1.807, 2.05) is 60.7 Å². The normalized spacial score (nSPS) is 13.6. The van der Waals surface area contributed by atoms with Crippen molar-refractivity contribution in [2.75, 3.05) is 13.9 Å². The molecular weight excluding hydrogens is 466 g/mol. The predicted molar refractivity (Wildman–Crippen MR) is 134 cm³/mol. The van der Waals surface area contributed by atoms with E-state index in [2.05, 4.69) is 0 Å². The zero-order valence-corrected chi connectivity index (χ0v) is 19.7. The third-order valence-corrected chi connectivity index (χ3v) is 6.26. The first-order valence-electron chi connectivity index (χ1n) is 11.1. The lowest BCUT2D eigenvalue weighted by Gasteiger charge is -2.24. The highest BCUT2D eigenvalue weighted by Crippen LogP contribution is 2.35. The van der Waals surface area contributed by atoms with Crippen molar-refractivity contribution in [3.63, 3.8) is 0 Å². The van der Waals surface area contributed by atoms with Crippen LogP contribution in [0.15, 0.2) is 95.7 Å². The molecule has 0 saturated carbocycles. The van der Waals surface area contributed by atoms with E-state index >= 15 is 0 Å². The number of ether oxygens (including phenoxy) is 3. The van der Waals surface area contributed by atoms with Crippen LogP contribution in [-0.2, 0) is 20.6 Å². The van der Waals surface area contributed by atoms with E-state index in [9.17, 15) is 9.59 Å². The first kappa shape index (κ1) is 22.7. The number of methoxy groups -OCH3 is 1. The molecule has 0 spiro atoms. The fraction of sp³-hybridized carbons (Fsp3) is 0.143. The maximum absolute atomic E-state index is 14.1. The van der Waals surface area contributed by atoms with Crippen molar-refractivity contribution in [2.45, 2.75) is 12.3 Å². The third-order valence-electron chi connectivity index (χ3n) is 6.03. The molecule has 0 bridgehead atoms. The summed E-state index contributed by atoms with van der Waals surface area (Å²) >= 11 is 6.31. The van der Waals surface area contributed by atoms with Gasteiger partial charge in [0.15, 0.2) is 5.43 Å². The second-order valence-corrected chi connectivity index (χ2v) is 8.54. The zero-order valence-electron chi connectivity index (χ0n) is 18.9. The number of esters is 1. The van der Waals surface area contributed by atoms with Crippen LogP contribution in [0.5, 0.6) is 0 Å². The van der Waals surface area contributed by atoms with Crippen molar-refractivity contribution in [3.8, 4) is 5.69 Å². The number of para-hydroxylation sites is 1. The van der Waals surface area contributed by atoms with Crippen molar-refractivity contribution < 1.29 is 19.0 Å². The molecule has 1 unspecified atom stereocenters. The van der Waals surface area contributed by atoms with Crippen LogP contribution in [0.2, 0.25) is 5.02 Å². The van der Waals surface area contributed by atoms with E-state index in [1.165, 1.54) is 13.4 Å². The second-order valence-electron chi connectivity index (χ2n) is 8.11. The predicted octanol–water partition coefficient (Wildman–Crippen LogP) is 5.60. The fourth-order valence-corrected chi connectivity index (χ4v) is 4.65. The summed E-state index contributed by atoms with van der Waals surface area (Å²) in [4.78, 5) is 27.5. The Labute approximate surface area is 206 Å². The number of halogens is 1. The number of carbonyl (C=O) groups is 1. The van der Waals surface area contributed by atoms with Gasteiger partial charge in [-0.15, -0.1) is 0 Å². The van der Waals surface area contributed by atoms with Gasteiger partial charge in [0, 0.05) is 21.7 Å². The average molecular weight is 488 g/mol. The molecule has 4 aromatic rings. The third kappa shape index (κ3) is 4.29. The molecule has 0 radical (unpaired) electrons. The number of benzene rings is 3. The van der Waals surface area contributed by atoms with Crippen LogP contribution in [0.1, 0.15) is 27.5 Å². The van der Waals surface area contributed by atoms with Gasteiger partial charge in [-0.3, -0.25) is 4.79 Å². The molecule has 0 fully saturated rings. The van der Waals surface area contributed by atoms with Crippen LogP contribution in [0.3, 0.4) is 0 Å². The van der Waals surface area contributed by atoms with Crippen molar-refractivity contribution in [2.24, 2.45) is 0 Å². The Hall–Kier alpha value is -4.03. The summed E-state index contributed by atoms with van der Waals surface area (Å²) in [5.74, 6) is -0.757. The SMILES string of the molecule is COC(=O)c1c(C(Cc2ccccc2)C2=COCO2)c(=O)c2cc(Cl)ccc2n1-c1ccccc1. The number of hydrogen-bond donors (Lipinski definition) is 0. The Morgan fingerprint density at radius 2 is 1.77 bits per heavy atom. The molecule has 7 heteroatoms. The Kier molecular flexibility index (Phi) is 6.29. The van der Waals surface area contributed by atoms with Crippen LogP contribution in [0, 0.1) is 0 Å². The Balaban J connectivity index is 1.89. The molecular formula is C28H22ClNO5. The number of hydrogen-bond acceptors (Lipinski definition) is 5. The van der Waals surface area contributed by atoms with Gasteiger partial charge in [-0.25, -0.2) is 4.79 Å². The lowest BCUT2D eigenvalue weighted by Crippen LogP contribution is -2.28. The molecule has 0 N–H and O–H groups in total. The largest absolute Gasteiger partial charge is 0.464 e. The maximum Gasteiger partial charge on any atom is 0.355 e. The topological polar surface area (TPSA) is 66.8 Å². The Morgan fingerprint density at radius 3 is 2.43 bits per heavy atom. The Bertz CT molecular complexity index is 1480. The van der Waals surface area contributed by atoms with Crippen molar-refractivity contribution in [1.29, 1.82) is 0 Å². The van der Waals surface area contributed by atoms with Gasteiger partial charge in [0.2, 0.25) is 6.79 Å². The summed E-state index contributed by atoms with van der Waals surface area (Å²) in [6, 6.07) is 24.1. The minimum absolute atomic E-state index is 0.0421. The molecule has 2 heterocycles. The van der Waals surface area contributed by atoms with E-state index in [0.717, 1.165) is 5.56 Å². The number of fused-ring (bicyclic) bond motifs is 1.